The van der Waals surface area contributed by atoms with Crippen LogP contribution in [0.1, 0.15) is 17.3 Å². The zero-order valence-corrected chi connectivity index (χ0v) is 10.0. The van der Waals surface area contributed by atoms with Crippen molar-refractivity contribution in [3.8, 4) is 0 Å². The van der Waals surface area contributed by atoms with E-state index in [0.29, 0.717) is 12.1 Å². The minimum Gasteiger partial charge on any atom is -0.457 e. The van der Waals surface area contributed by atoms with Crippen LogP contribution in [-0.4, -0.2) is 36.5 Å². The first-order chi connectivity index (χ1) is 8.00. The van der Waals surface area contributed by atoms with Crippen molar-refractivity contribution >= 4 is 11.9 Å². The lowest BCUT2D eigenvalue weighted by molar-refractivity contribution is 0.0307. The average molecular weight is 235 g/mol. The molecule has 0 radical (unpaired) electrons. The van der Waals surface area contributed by atoms with Crippen LogP contribution in [-0.2, 0) is 4.74 Å². The highest BCUT2D eigenvalue weighted by atomic mass is 16.5. The quantitative estimate of drug-likeness (QED) is 0.464. The molecule has 3 N–H and O–H groups in total. The maximum atomic E-state index is 11.7. The van der Waals surface area contributed by atoms with Crippen molar-refractivity contribution in [1.29, 1.82) is 5.41 Å². The molecule has 0 spiro atoms. The summed E-state index contributed by atoms with van der Waals surface area (Å²) in [7, 11) is 1.68. The van der Waals surface area contributed by atoms with E-state index in [1.54, 1.807) is 38.2 Å². The van der Waals surface area contributed by atoms with Crippen LogP contribution >= 0.6 is 0 Å². The summed E-state index contributed by atoms with van der Waals surface area (Å²) >= 11 is 0. The molecule has 0 aliphatic carbocycles. The number of nitrogens with one attached hydrogen (secondary N) is 1. The standard InChI is InChI=1S/C12H17N3O2/c1-9(8-15(2)12(13)14)17-11(16)10-6-4-3-5-7-10/h3-7,9H,8H2,1-2H3,(H3,13,14). The van der Waals surface area contributed by atoms with Gasteiger partial charge in [0.15, 0.2) is 5.96 Å². The lowest BCUT2D eigenvalue weighted by Crippen LogP contribution is -2.39. The molecule has 0 amide bonds. The number of rotatable bonds is 4. The number of carbonyl (C=O) groups is 1. The SMILES string of the molecule is CC(CN(C)C(=N)N)OC(=O)c1ccccc1. The molecule has 0 aliphatic rings. The van der Waals surface area contributed by atoms with Crippen LogP contribution in [0.5, 0.6) is 0 Å². The van der Waals surface area contributed by atoms with Gasteiger partial charge in [-0.05, 0) is 19.1 Å². The minimum absolute atomic E-state index is 0.0485. The van der Waals surface area contributed by atoms with Gasteiger partial charge in [-0.1, -0.05) is 18.2 Å². The number of nitrogens with zero attached hydrogens (tertiary/aromatic N) is 1. The van der Waals surface area contributed by atoms with Crippen molar-refractivity contribution in [2.24, 2.45) is 5.73 Å². The first-order valence-corrected chi connectivity index (χ1v) is 5.32. The fourth-order valence-corrected chi connectivity index (χ4v) is 1.35. The number of carbonyl (C=O) groups excluding carboxylic acids is 1. The van der Waals surface area contributed by atoms with E-state index in [1.165, 1.54) is 4.90 Å². The first-order valence-electron chi connectivity index (χ1n) is 5.32. The third-order valence-corrected chi connectivity index (χ3v) is 2.26. The Hall–Kier alpha value is -2.04. The molecule has 1 aromatic rings. The Morgan fingerprint density at radius 2 is 2.06 bits per heavy atom. The fourth-order valence-electron chi connectivity index (χ4n) is 1.35. The number of nitrogens with two attached hydrogens (primary N) is 1. The molecular formula is C12H17N3O2. The Balaban J connectivity index is 2.49. The Labute approximate surface area is 101 Å². The second kappa shape index (κ2) is 5.89. The zero-order chi connectivity index (χ0) is 12.8. The topological polar surface area (TPSA) is 79.4 Å². The Morgan fingerprint density at radius 3 is 2.59 bits per heavy atom. The molecule has 0 saturated carbocycles. The third kappa shape index (κ3) is 4.14. The van der Waals surface area contributed by atoms with E-state index in [2.05, 4.69) is 0 Å². The van der Waals surface area contributed by atoms with Gasteiger partial charge in [-0.25, -0.2) is 4.79 Å². The van der Waals surface area contributed by atoms with Crippen molar-refractivity contribution in [2.75, 3.05) is 13.6 Å². The highest BCUT2D eigenvalue weighted by Gasteiger charge is 2.13. The van der Waals surface area contributed by atoms with Crippen LogP contribution in [0.4, 0.5) is 0 Å². The van der Waals surface area contributed by atoms with Crippen molar-refractivity contribution in [1.82, 2.24) is 4.90 Å². The van der Waals surface area contributed by atoms with Crippen molar-refractivity contribution < 1.29 is 9.53 Å². The number of likely N-dealkylation sites (N-methyl/N-ethyl adjacent to an activating group) is 1. The second-order valence-electron chi connectivity index (χ2n) is 3.85. The lowest BCUT2D eigenvalue weighted by Gasteiger charge is -2.21. The van der Waals surface area contributed by atoms with Gasteiger partial charge in [0.25, 0.3) is 0 Å². The highest BCUT2D eigenvalue weighted by Crippen LogP contribution is 2.04. The van der Waals surface area contributed by atoms with E-state index < -0.39 is 0 Å². The van der Waals surface area contributed by atoms with E-state index in [1.807, 2.05) is 6.07 Å². The summed E-state index contributed by atoms with van der Waals surface area (Å²) in [5, 5.41) is 7.20. The van der Waals surface area contributed by atoms with Gasteiger partial charge in [0.2, 0.25) is 0 Å². The van der Waals surface area contributed by atoms with Crippen molar-refractivity contribution in [3.05, 3.63) is 35.9 Å². The van der Waals surface area contributed by atoms with Crippen LogP contribution in [0, 0.1) is 5.41 Å². The molecule has 5 nitrogen and oxygen atoms in total. The molecule has 0 fully saturated rings. The minimum atomic E-state index is -0.366. The average Bonchev–Trinajstić information content (AvgIpc) is 2.29. The van der Waals surface area contributed by atoms with Gasteiger partial charge in [-0.3, -0.25) is 5.41 Å². The van der Waals surface area contributed by atoms with Gasteiger partial charge in [-0.2, -0.15) is 0 Å². The summed E-state index contributed by atoms with van der Waals surface area (Å²) < 4.78 is 5.22. The highest BCUT2D eigenvalue weighted by molar-refractivity contribution is 5.89. The van der Waals surface area contributed by atoms with E-state index >= 15 is 0 Å². The monoisotopic (exact) mass is 235 g/mol. The number of guanidine groups is 1. The molecule has 1 aromatic carbocycles. The fraction of sp³-hybridized carbons (Fsp3) is 0.333. The predicted molar refractivity (Wildman–Crippen MR) is 65.9 cm³/mol. The number of hydrogen-bond donors (Lipinski definition) is 2. The van der Waals surface area contributed by atoms with Gasteiger partial charge >= 0.3 is 5.97 Å². The van der Waals surface area contributed by atoms with Crippen LogP contribution in [0.15, 0.2) is 30.3 Å². The van der Waals surface area contributed by atoms with Gasteiger partial charge in [0, 0.05) is 7.05 Å². The largest absolute Gasteiger partial charge is 0.457 e. The third-order valence-electron chi connectivity index (χ3n) is 2.26. The van der Waals surface area contributed by atoms with Crippen LogP contribution < -0.4 is 5.73 Å². The number of benzene rings is 1. The van der Waals surface area contributed by atoms with Crippen LogP contribution in [0.3, 0.4) is 0 Å². The maximum absolute atomic E-state index is 11.7. The molecule has 1 atom stereocenters. The molecule has 0 bridgehead atoms. The van der Waals surface area contributed by atoms with E-state index in [9.17, 15) is 4.79 Å². The summed E-state index contributed by atoms with van der Waals surface area (Å²) in [6.07, 6.45) is -0.323. The Morgan fingerprint density at radius 1 is 1.47 bits per heavy atom. The molecule has 92 valence electrons. The Kier molecular flexibility index (Phi) is 4.51. The van der Waals surface area contributed by atoms with Crippen molar-refractivity contribution in [2.45, 2.75) is 13.0 Å². The molecule has 1 unspecified atom stereocenters. The smallest absolute Gasteiger partial charge is 0.338 e. The van der Waals surface area contributed by atoms with E-state index in [0.717, 1.165) is 0 Å². The number of esters is 1. The summed E-state index contributed by atoms with van der Waals surface area (Å²) in [6.45, 7) is 2.16. The lowest BCUT2D eigenvalue weighted by atomic mass is 10.2. The molecule has 0 aliphatic heterocycles. The number of ether oxygens (including phenoxy) is 1. The summed E-state index contributed by atoms with van der Waals surface area (Å²) in [5.74, 6) is -0.414. The van der Waals surface area contributed by atoms with Gasteiger partial charge in [0.1, 0.15) is 6.10 Å². The molecule has 0 saturated heterocycles. The van der Waals surface area contributed by atoms with Crippen LogP contribution in [0.2, 0.25) is 0 Å². The van der Waals surface area contributed by atoms with E-state index in [-0.39, 0.29) is 18.0 Å². The molecule has 0 aromatic heterocycles. The normalized spacial score (nSPS) is 11.6. The van der Waals surface area contributed by atoms with Gasteiger partial charge in [0.05, 0.1) is 12.1 Å². The molecule has 17 heavy (non-hydrogen) atoms. The summed E-state index contributed by atoms with van der Waals surface area (Å²) in [4.78, 5) is 13.2. The van der Waals surface area contributed by atoms with Crippen molar-refractivity contribution in [3.63, 3.8) is 0 Å². The van der Waals surface area contributed by atoms with Gasteiger partial charge < -0.3 is 15.4 Å². The van der Waals surface area contributed by atoms with E-state index in [4.69, 9.17) is 15.9 Å². The summed E-state index contributed by atoms with van der Waals surface area (Å²) in [5.41, 5.74) is 5.81. The molecule has 1 rings (SSSR count). The number of hydrogen-bond acceptors (Lipinski definition) is 3. The van der Waals surface area contributed by atoms with Crippen LogP contribution in [0.25, 0.3) is 0 Å². The maximum Gasteiger partial charge on any atom is 0.338 e. The summed E-state index contributed by atoms with van der Waals surface area (Å²) in [6, 6.07) is 8.79. The predicted octanol–water partition coefficient (Wildman–Crippen LogP) is 1.06. The zero-order valence-electron chi connectivity index (χ0n) is 10.0. The molecule has 5 heteroatoms. The Bertz CT molecular complexity index is 392. The molecule has 0 heterocycles. The molecular weight excluding hydrogens is 218 g/mol. The van der Waals surface area contributed by atoms with Gasteiger partial charge in [-0.15, -0.1) is 0 Å². The second-order valence-corrected chi connectivity index (χ2v) is 3.85. The first kappa shape index (κ1) is 13.0.